The second-order valence-electron chi connectivity index (χ2n) is 4.79. The highest BCUT2D eigenvalue weighted by atomic mass is 14.2. The van der Waals surface area contributed by atoms with Crippen LogP contribution in [0.15, 0.2) is 36.5 Å². The minimum absolute atomic E-state index is 0.626. The Hall–Kier alpha value is -1.29. The molecule has 0 aromatic heterocycles. The second kappa shape index (κ2) is 16.7. The van der Waals surface area contributed by atoms with Crippen molar-refractivity contribution in [1.82, 2.24) is 0 Å². The van der Waals surface area contributed by atoms with Gasteiger partial charge in [-0.2, -0.15) is 5.26 Å². The lowest BCUT2D eigenvalue weighted by Gasteiger charge is -1.95. The summed E-state index contributed by atoms with van der Waals surface area (Å²) in [6, 6.07) is 2.14. The maximum absolute atomic E-state index is 8.36. The van der Waals surface area contributed by atoms with E-state index in [-0.39, 0.29) is 0 Å². The minimum atomic E-state index is 0.626. The number of allylic oxidation sites excluding steroid dienone is 6. The molecule has 0 unspecified atom stereocenters. The van der Waals surface area contributed by atoms with E-state index in [9.17, 15) is 0 Å². The fraction of sp³-hybridized carbons (Fsp3) is 0.611. The smallest absolute Gasteiger partial charge is 0.0624 e. The third-order valence-corrected chi connectivity index (χ3v) is 2.94. The first-order chi connectivity index (χ1) is 9.41. The molecular weight excluding hydrogens is 230 g/mol. The van der Waals surface area contributed by atoms with E-state index in [0.717, 1.165) is 19.3 Å². The highest BCUT2D eigenvalue weighted by molar-refractivity contribution is 4.97. The number of nitriles is 1. The average Bonchev–Trinajstić information content (AvgIpc) is 2.43. The number of nitrogens with zero attached hydrogens (tertiary/aromatic N) is 1. The fourth-order valence-electron chi connectivity index (χ4n) is 1.79. The van der Waals surface area contributed by atoms with Crippen LogP contribution in [0.25, 0.3) is 0 Å². The first-order valence-corrected chi connectivity index (χ1v) is 7.73. The number of unbranched alkanes of at least 4 members (excludes halogenated alkanes) is 6. The van der Waals surface area contributed by atoms with Gasteiger partial charge in [0, 0.05) is 6.42 Å². The fourth-order valence-corrected chi connectivity index (χ4v) is 1.79. The van der Waals surface area contributed by atoms with Gasteiger partial charge in [0.2, 0.25) is 0 Å². The van der Waals surface area contributed by atoms with E-state index in [4.69, 9.17) is 5.26 Å². The van der Waals surface area contributed by atoms with Crippen LogP contribution in [0.4, 0.5) is 0 Å². The number of hydrogen-bond acceptors (Lipinski definition) is 1. The van der Waals surface area contributed by atoms with Gasteiger partial charge in [0.15, 0.2) is 0 Å². The molecule has 0 aliphatic carbocycles. The quantitative estimate of drug-likeness (QED) is 0.307. The molecule has 1 heteroatoms. The van der Waals surface area contributed by atoms with E-state index in [2.05, 4.69) is 49.4 Å². The molecule has 0 saturated heterocycles. The summed E-state index contributed by atoms with van der Waals surface area (Å²) in [4.78, 5) is 0. The molecule has 0 amide bonds. The van der Waals surface area contributed by atoms with E-state index in [1.807, 2.05) is 0 Å². The van der Waals surface area contributed by atoms with E-state index in [0.29, 0.717) is 6.42 Å². The molecule has 0 aromatic carbocycles. The molecule has 0 N–H and O–H groups in total. The topological polar surface area (TPSA) is 23.8 Å². The largest absolute Gasteiger partial charge is 0.198 e. The molecule has 0 radical (unpaired) electrons. The minimum Gasteiger partial charge on any atom is -0.198 e. The number of hydrogen-bond donors (Lipinski definition) is 0. The zero-order valence-electron chi connectivity index (χ0n) is 12.5. The van der Waals surface area contributed by atoms with E-state index in [1.54, 1.807) is 0 Å². The summed E-state index contributed by atoms with van der Waals surface area (Å²) < 4.78 is 0. The molecule has 0 aliphatic heterocycles. The molecule has 0 aromatic rings. The predicted molar refractivity (Wildman–Crippen MR) is 84.9 cm³/mol. The van der Waals surface area contributed by atoms with Gasteiger partial charge < -0.3 is 0 Å². The van der Waals surface area contributed by atoms with Crippen LogP contribution in [-0.2, 0) is 0 Å². The van der Waals surface area contributed by atoms with Crippen LogP contribution in [0.3, 0.4) is 0 Å². The summed E-state index contributed by atoms with van der Waals surface area (Å²) in [5.74, 6) is 0. The lowest BCUT2D eigenvalue weighted by atomic mass is 10.1. The predicted octanol–water partition coefficient (Wildman–Crippen LogP) is 6.10. The lowest BCUT2D eigenvalue weighted by Crippen LogP contribution is -1.75. The van der Waals surface area contributed by atoms with Gasteiger partial charge in [0.25, 0.3) is 0 Å². The van der Waals surface area contributed by atoms with Crippen LogP contribution in [-0.4, -0.2) is 0 Å². The van der Waals surface area contributed by atoms with Crippen LogP contribution in [0, 0.1) is 11.3 Å². The molecule has 19 heavy (non-hydrogen) atoms. The van der Waals surface area contributed by atoms with Crippen molar-refractivity contribution >= 4 is 0 Å². The van der Waals surface area contributed by atoms with E-state index >= 15 is 0 Å². The molecule has 1 nitrogen and oxygen atoms in total. The van der Waals surface area contributed by atoms with Crippen molar-refractivity contribution < 1.29 is 0 Å². The summed E-state index contributed by atoms with van der Waals surface area (Å²) in [7, 11) is 0. The molecule has 0 rings (SSSR count). The zero-order chi connectivity index (χ0) is 14.0. The Morgan fingerprint density at radius 1 is 0.737 bits per heavy atom. The van der Waals surface area contributed by atoms with Gasteiger partial charge in [0.05, 0.1) is 6.07 Å². The van der Waals surface area contributed by atoms with Gasteiger partial charge in [-0.3, -0.25) is 0 Å². The maximum Gasteiger partial charge on any atom is 0.0624 e. The Balaban J connectivity index is 3.28. The van der Waals surface area contributed by atoms with Crippen molar-refractivity contribution in [3.63, 3.8) is 0 Å². The van der Waals surface area contributed by atoms with Crippen LogP contribution < -0.4 is 0 Å². The average molecular weight is 259 g/mol. The first kappa shape index (κ1) is 17.7. The Morgan fingerprint density at radius 3 is 1.95 bits per heavy atom. The normalized spacial score (nSPS) is 11.8. The SMILES string of the molecule is CCCCCCC/C=C\C/C=C\C/C=C\CCC#N. The summed E-state index contributed by atoms with van der Waals surface area (Å²) in [6.45, 7) is 2.25. The van der Waals surface area contributed by atoms with Crippen LogP contribution >= 0.6 is 0 Å². The van der Waals surface area contributed by atoms with Gasteiger partial charge in [-0.15, -0.1) is 0 Å². The zero-order valence-corrected chi connectivity index (χ0v) is 12.5. The summed E-state index contributed by atoms with van der Waals surface area (Å²) >= 11 is 0. The highest BCUT2D eigenvalue weighted by Gasteiger charge is 1.85. The molecule has 0 atom stereocenters. The van der Waals surface area contributed by atoms with Crippen molar-refractivity contribution in [2.45, 2.75) is 71.1 Å². The van der Waals surface area contributed by atoms with Crippen molar-refractivity contribution in [1.29, 1.82) is 5.26 Å². The summed E-state index contributed by atoms with van der Waals surface area (Å²) in [6.07, 6.45) is 24.7. The van der Waals surface area contributed by atoms with Gasteiger partial charge in [-0.05, 0) is 32.1 Å². The van der Waals surface area contributed by atoms with Crippen molar-refractivity contribution in [3.05, 3.63) is 36.5 Å². The Morgan fingerprint density at radius 2 is 1.32 bits per heavy atom. The Kier molecular flexibility index (Phi) is 15.6. The van der Waals surface area contributed by atoms with Crippen LogP contribution in [0.2, 0.25) is 0 Å². The molecule has 106 valence electrons. The van der Waals surface area contributed by atoms with Crippen molar-refractivity contribution in [2.75, 3.05) is 0 Å². The second-order valence-corrected chi connectivity index (χ2v) is 4.79. The Bertz CT molecular complexity index is 291. The molecule has 0 spiro atoms. The molecule has 0 saturated carbocycles. The standard InChI is InChI=1S/C18H29N/c1-2-3-4-5-6-7-8-9-10-11-12-13-14-15-16-17-18-19/h8-9,11-12,14-15H,2-7,10,13,16-17H2,1H3/b9-8-,12-11-,15-14-. The third-order valence-electron chi connectivity index (χ3n) is 2.94. The third kappa shape index (κ3) is 16.7. The van der Waals surface area contributed by atoms with E-state index in [1.165, 1.54) is 38.5 Å². The summed E-state index contributed by atoms with van der Waals surface area (Å²) in [5.41, 5.74) is 0. The molecule has 0 bridgehead atoms. The molecular formula is C18H29N. The van der Waals surface area contributed by atoms with Gasteiger partial charge >= 0.3 is 0 Å². The number of rotatable bonds is 12. The lowest BCUT2D eigenvalue weighted by molar-refractivity contribution is 0.637. The first-order valence-electron chi connectivity index (χ1n) is 7.73. The summed E-state index contributed by atoms with van der Waals surface area (Å²) in [5, 5.41) is 8.36. The van der Waals surface area contributed by atoms with Gasteiger partial charge in [-0.1, -0.05) is 69.1 Å². The molecule has 0 heterocycles. The Labute approximate surface area is 119 Å². The van der Waals surface area contributed by atoms with Crippen LogP contribution in [0.5, 0.6) is 0 Å². The van der Waals surface area contributed by atoms with Gasteiger partial charge in [0.1, 0.15) is 0 Å². The van der Waals surface area contributed by atoms with E-state index < -0.39 is 0 Å². The maximum atomic E-state index is 8.36. The molecule has 0 fully saturated rings. The van der Waals surface area contributed by atoms with Crippen molar-refractivity contribution in [2.24, 2.45) is 0 Å². The highest BCUT2D eigenvalue weighted by Crippen LogP contribution is 2.05. The van der Waals surface area contributed by atoms with Crippen LogP contribution in [0.1, 0.15) is 71.1 Å². The van der Waals surface area contributed by atoms with Crippen molar-refractivity contribution in [3.8, 4) is 6.07 Å². The monoisotopic (exact) mass is 259 g/mol. The van der Waals surface area contributed by atoms with Gasteiger partial charge in [-0.25, -0.2) is 0 Å². The molecule has 0 aliphatic rings.